The number of aromatic nitrogens is 1. The van der Waals surface area contributed by atoms with Gasteiger partial charge in [-0.15, -0.1) is 0 Å². The van der Waals surface area contributed by atoms with Gasteiger partial charge in [0.15, 0.2) is 5.58 Å². The van der Waals surface area contributed by atoms with Gasteiger partial charge in [0.25, 0.3) is 0 Å². The van der Waals surface area contributed by atoms with Crippen molar-refractivity contribution in [1.29, 1.82) is 0 Å². The van der Waals surface area contributed by atoms with Crippen molar-refractivity contribution in [3.05, 3.63) is 182 Å². The number of anilines is 3. The van der Waals surface area contributed by atoms with E-state index in [1.54, 1.807) is 0 Å². The van der Waals surface area contributed by atoms with Gasteiger partial charge in [0.2, 0.25) is 0 Å². The van der Waals surface area contributed by atoms with Gasteiger partial charge in [-0.05, 0) is 64.4 Å². The maximum Gasteiger partial charge on any atom is 0.160 e. The highest BCUT2D eigenvalue weighted by Crippen LogP contribution is 2.49. The van der Waals surface area contributed by atoms with Crippen molar-refractivity contribution in [1.82, 2.24) is 4.98 Å². The van der Waals surface area contributed by atoms with Crippen molar-refractivity contribution in [2.75, 3.05) is 4.90 Å². The first-order valence-electron chi connectivity index (χ1n) is 17.0. The third-order valence-corrected chi connectivity index (χ3v) is 9.78. The zero-order valence-electron chi connectivity index (χ0n) is 27.1. The Morgan fingerprint density at radius 2 is 1.08 bits per heavy atom. The standard InChI is InChI=1S/C47H30N2O/c1-3-14-31(15-4-1)35-20-13-21-36(28-35)49(37-27-26-32-16-7-8-19-34(32)29-37)42-30-40-44(45-39-23-10-12-25-43(39)50-47(42)45)38-22-9-11-24-41(38)48-46(40)33-17-5-2-6-18-33/h1-30H. The fourth-order valence-electron chi connectivity index (χ4n) is 7.49. The van der Waals surface area contributed by atoms with Crippen LogP contribution in [0.5, 0.6) is 0 Å². The molecule has 2 heterocycles. The van der Waals surface area contributed by atoms with Crippen molar-refractivity contribution in [3.8, 4) is 22.4 Å². The molecule has 3 heteroatoms. The Hall–Kier alpha value is -6.71. The molecule has 0 fully saturated rings. The second kappa shape index (κ2) is 11.5. The molecule has 3 nitrogen and oxygen atoms in total. The Kier molecular flexibility index (Phi) is 6.49. The number of hydrogen-bond donors (Lipinski definition) is 0. The van der Waals surface area contributed by atoms with Crippen LogP contribution in [0.2, 0.25) is 0 Å². The van der Waals surface area contributed by atoms with Gasteiger partial charge < -0.3 is 9.32 Å². The summed E-state index contributed by atoms with van der Waals surface area (Å²) in [4.78, 5) is 7.69. The maximum atomic E-state index is 6.95. The topological polar surface area (TPSA) is 29.3 Å². The zero-order valence-corrected chi connectivity index (χ0v) is 27.1. The van der Waals surface area contributed by atoms with Crippen LogP contribution in [-0.4, -0.2) is 4.98 Å². The zero-order chi connectivity index (χ0) is 33.0. The Morgan fingerprint density at radius 1 is 0.420 bits per heavy atom. The first-order valence-corrected chi connectivity index (χ1v) is 17.0. The van der Waals surface area contributed by atoms with E-state index in [4.69, 9.17) is 9.40 Å². The number of rotatable bonds is 5. The first-order chi connectivity index (χ1) is 24.8. The van der Waals surface area contributed by atoms with Crippen molar-refractivity contribution in [2.24, 2.45) is 0 Å². The van der Waals surface area contributed by atoms with Gasteiger partial charge in [0.05, 0.1) is 16.9 Å². The van der Waals surface area contributed by atoms with Crippen LogP contribution < -0.4 is 4.90 Å². The van der Waals surface area contributed by atoms with Gasteiger partial charge in [0, 0.05) is 43.9 Å². The number of nitrogens with zero attached hydrogens (tertiary/aromatic N) is 2. The lowest BCUT2D eigenvalue weighted by atomic mass is 9.94. The second-order valence-corrected chi connectivity index (χ2v) is 12.7. The number of pyridine rings is 1. The number of benzene rings is 8. The SMILES string of the molecule is c1ccc(-c2cccc(N(c3ccc4ccccc4c3)c3cc4c(-c5ccccc5)nc5ccccc5c4c4c3oc3ccccc34)c2)cc1. The second-order valence-electron chi connectivity index (χ2n) is 12.7. The van der Waals surface area contributed by atoms with Crippen LogP contribution >= 0.6 is 0 Å². The predicted molar refractivity (Wildman–Crippen MR) is 210 cm³/mol. The van der Waals surface area contributed by atoms with Crippen molar-refractivity contribution in [3.63, 3.8) is 0 Å². The molecule has 0 aliphatic rings. The molecule has 0 spiro atoms. The third-order valence-electron chi connectivity index (χ3n) is 9.78. The quantitative estimate of drug-likeness (QED) is 0.176. The van der Waals surface area contributed by atoms with Crippen LogP contribution in [0.4, 0.5) is 17.1 Å². The number of fused-ring (bicyclic) bond motifs is 8. The average Bonchev–Trinajstić information content (AvgIpc) is 3.58. The molecule has 2 aromatic heterocycles. The van der Waals surface area contributed by atoms with E-state index in [2.05, 4.69) is 181 Å². The minimum atomic E-state index is 0.840. The molecule has 0 radical (unpaired) electrons. The van der Waals surface area contributed by atoms with Gasteiger partial charge in [-0.2, -0.15) is 0 Å². The minimum Gasteiger partial charge on any atom is -0.454 e. The van der Waals surface area contributed by atoms with Crippen LogP contribution in [0.1, 0.15) is 0 Å². The Bertz CT molecular complexity index is 2870. The molecule has 0 amide bonds. The van der Waals surface area contributed by atoms with E-state index in [1.807, 2.05) is 6.07 Å². The summed E-state index contributed by atoms with van der Waals surface area (Å²) in [5.74, 6) is 0. The summed E-state index contributed by atoms with van der Waals surface area (Å²) in [6, 6.07) is 64.3. The summed E-state index contributed by atoms with van der Waals surface area (Å²) in [6.45, 7) is 0. The van der Waals surface area contributed by atoms with E-state index in [0.29, 0.717) is 0 Å². The third kappa shape index (κ3) is 4.56. The molecule has 0 aliphatic heterocycles. The molecule has 0 saturated heterocycles. The van der Waals surface area contributed by atoms with Crippen LogP contribution in [0.3, 0.4) is 0 Å². The summed E-state index contributed by atoms with van der Waals surface area (Å²) < 4.78 is 6.95. The normalized spacial score (nSPS) is 11.6. The van der Waals surface area contributed by atoms with Crippen molar-refractivity contribution < 1.29 is 4.42 Å². The molecule has 50 heavy (non-hydrogen) atoms. The summed E-state index contributed by atoms with van der Waals surface area (Å²) in [6.07, 6.45) is 0. The summed E-state index contributed by atoms with van der Waals surface area (Å²) >= 11 is 0. The number of hydrogen-bond acceptors (Lipinski definition) is 3. The minimum absolute atomic E-state index is 0.840. The first kappa shape index (κ1) is 28.3. The fourth-order valence-corrected chi connectivity index (χ4v) is 7.49. The molecule has 0 unspecified atom stereocenters. The van der Waals surface area contributed by atoms with Gasteiger partial charge in [-0.25, -0.2) is 4.98 Å². The molecule has 0 aliphatic carbocycles. The Balaban J connectivity index is 1.37. The molecular weight excluding hydrogens is 609 g/mol. The van der Waals surface area contributed by atoms with Crippen LogP contribution in [0, 0.1) is 0 Å². The van der Waals surface area contributed by atoms with Crippen molar-refractivity contribution in [2.45, 2.75) is 0 Å². The highest BCUT2D eigenvalue weighted by molar-refractivity contribution is 6.30. The Morgan fingerprint density at radius 3 is 1.92 bits per heavy atom. The largest absolute Gasteiger partial charge is 0.454 e. The van der Waals surface area contributed by atoms with E-state index in [0.717, 1.165) is 77.5 Å². The molecule has 0 bridgehead atoms. The maximum absolute atomic E-state index is 6.95. The molecule has 10 rings (SSSR count). The van der Waals surface area contributed by atoms with Gasteiger partial charge in [0.1, 0.15) is 5.58 Å². The lowest BCUT2D eigenvalue weighted by molar-refractivity contribution is 0.669. The lowest BCUT2D eigenvalue weighted by Gasteiger charge is -2.27. The van der Waals surface area contributed by atoms with Crippen LogP contribution in [-0.2, 0) is 0 Å². The van der Waals surface area contributed by atoms with E-state index >= 15 is 0 Å². The Labute approximate surface area is 289 Å². The van der Waals surface area contributed by atoms with Gasteiger partial charge in [-0.1, -0.05) is 140 Å². The molecule has 8 aromatic carbocycles. The number of furan rings is 1. The van der Waals surface area contributed by atoms with Crippen LogP contribution in [0.25, 0.3) is 76.8 Å². The summed E-state index contributed by atoms with van der Waals surface area (Å²) in [5.41, 5.74) is 10.0. The molecule has 234 valence electrons. The molecule has 0 N–H and O–H groups in total. The lowest BCUT2D eigenvalue weighted by Crippen LogP contribution is -2.11. The van der Waals surface area contributed by atoms with Crippen LogP contribution in [0.15, 0.2) is 186 Å². The number of para-hydroxylation sites is 2. The van der Waals surface area contributed by atoms with Crippen molar-refractivity contribution >= 4 is 71.4 Å². The molecular formula is C47H30N2O. The predicted octanol–water partition coefficient (Wildman–Crippen LogP) is 13.2. The van der Waals surface area contributed by atoms with E-state index in [1.165, 1.54) is 16.3 Å². The summed E-state index contributed by atoms with van der Waals surface area (Å²) in [7, 11) is 0. The van der Waals surface area contributed by atoms with E-state index in [-0.39, 0.29) is 0 Å². The smallest absolute Gasteiger partial charge is 0.160 e. The fraction of sp³-hybridized carbons (Fsp3) is 0. The van der Waals surface area contributed by atoms with Gasteiger partial charge in [-0.3, -0.25) is 0 Å². The van der Waals surface area contributed by atoms with E-state index < -0.39 is 0 Å². The highest BCUT2D eigenvalue weighted by atomic mass is 16.3. The summed E-state index contributed by atoms with van der Waals surface area (Å²) in [5, 5.41) is 7.88. The monoisotopic (exact) mass is 638 g/mol. The highest BCUT2D eigenvalue weighted by Gasteiger charge is 2.25. The average molecular weight is 639 g/mol. The molecule has 0 atom stereocenters. The van der Waals surface area contributed by atoms with Gasteiger partial charge >= 0.3 is 0 Å². The molecule has 0 saturated carbocycles. The van der Waals surface area contributed by atoms with E-state index in [9.17, 15) is 0 Å². The molecule has 10 aromatic rings.